The van der Waals surface area contributed by atoms with Gasteiger partial charge >= 0.3 is 0 Å². The Bertz CT molecular complexity index is 1040. The van der Waals surface area contributed by atoms with E-state index in [1.807, 2.05) is 41.4 Å². The van der Waals surface area contributed by atoms with Gasteiger partial charge in [0.05, 0.1) is 11.8 Å². The quantitative estimate of drug-likeness (QED) is 0.682. The number of benzene rings is 2. The van der Waals surface area contributed by atoms with Crippen molar-refractivity contribution in [2.24, 2.45) is 5.10 Å². The highest BCUT2D eigenvalue weighted by molar-refractivity contribution is 6.04. The molecule has 134 valence electrons. The molecule has 0 amide bonds. The number of aromatic nitrogens is 1. The van der Waals surface area contributed by atoms with Gasteiger partial charge in [-0.15, -0.1) is 0 Å². The smallest absolute Gasteiger partial charge is 0.213 e. The Morgan fingerprint density at radius 3 is 2.67 bits per heavy atom. The van der Waals surface area contributed by atoms with Crippen molar-refractivity contribution in [1.82, 2.24) is 9.99 Å². The van der Waals surface area contributed by atoms with Crippen LogP contribution in [-0.4, -0.2) is 25.9 Å². The number of pyridine rings is 1. The highest BCUT2D eigenvalue weighted by atomic mass is 16.5. The summed E-state index contributed by atoms with van der Waals surface area (Å²) >= 11 is 0. The fourth-order valence-corrected chi connectivity index (χ4v) is 3.70. The number of aromatic hydroxyl groups is 2. The predicted octanol–water partition coefficient (Wildman–Crippen LogP) is 3.74. The molecule has 2 aromatic carbocycles. The van der Waals surface area contributed by atoms with Gasteiger partial charge in [-0.25, -0.2) is 5.01 Å². The van der Waals surface area contributed by atoms with Crippen LogP contribution in [0, 0.1) is 0 Å². The van der Waals surface area contributed by atoms with Crippen molar-refractivity contribution in [3.8, 4) is 17.2 Å². The maximum Gasteiger partial charge on any atom is 0.213 e. The van der Waals surface area contributed by atoms with Crippen LogP contribution in [0.25, 0.3) is 0 Å². The molecule has 6 nitrogen and oxygen atoms in total. The molecule has 0 fully saturated rings. The maximum atomic E-state index is 10.3. The van der Waals surface area contributed by atoms with E-state index in [9.17, 15) is 10.2 Å². The van der Waals surface area contributed by atoms with Gasteiger partial charge in [-0.05, 0) is 36.4 Å². The van der Waals surface area contributed by atoms with Gasteiger partial charge < -0.3 is 14.9 Å². The maximum absolute atomic E-state index is 10.3. The number of para-hydroxylation sites is 1. The number of fused-ring (bicyclic) bond motifs is 3. The first-order valence-corrected chi connectivity index (χ1v) is 8.74. The van der Waals surface area contributed by atoms with Crippen molar-refractivity contribution in [1.29, 1.82) is 0 Å². The Hall–Kier alpha value is -3.54. The predicted molar refractivity (Wildman–Crippen MR) is 99.6 cm³/mol. The molecule has 2 aliphatic heterocycles. The molecular weight excluding hydrogens is 342 g/mol. The highest BCUT2D eigenvalue weighted by Gasteiger charge is 2.41. The summed E-state index contributed by atoms with van der Waals surface area (Å²) in [6.07, 6.45) is 3.69. The summed E-state index contributed by atoms with van der Waals surface area (Å²) in [7, 11) is 0. The van der Waals surface area contributed by atoms with Gasteiger partial charge in [-0.2, -0.15) is 5.10 Å². The topological polar surface area (TPSA) is 78.2 Å². The first kappa shape index (κ1) is 15.7. The summed E-state index contributed by atoms with van der Waals surface area (Å²) in [6, 6.07) is 16.2. The van der Waals surface area contributed by atoms with E-state index in [4.69, 9.17) is 9.84 Å². The number of rotatable bonds is 2. The zero-order valence-corrected chi connectivity index (χ0v) is 14.4. The first-order valence-electron chi connectivity index (χ1n) is 8.74. The summed E-state index contributed by atoms with van der Waals surface area (Å²) in [5.74, 6) is 1.02. The lowest BCUT2D eigenvalue weighted by Crippen LogP contribution is -2.33. The lowest BCUT2D eigenvalue weighted by atomic mass is 9.95. The molecule has 27 heavy (non-hydrogen) atoms. The van der Waals surface area contributed by atoms with Crippen molar-refractivity contribution in [3.63, 3.8) is 0 Å². The Morgan fingerprint density at radius 1 is 1.00 bits per heavy atom. The van der Waals surface area contributed by atoms with Crippen LogP contribution in [-0.2, 0) is 0 Å². The van der Waals surface area contributed by atoms with E-state index >= 15 is 0 Å². The number of phenols is 2. The zero-order valence-electron chi connectivity index (χ0n) is 14.4. The second kappa shape index (κ2) is 6.02. The van der Waals surface area contributed by atoms with Gasteiger partial charge in [0.2, 0.25) is 6.23 Å². The van der Waals surface area contributed by atoms with E-state index < -0.39 is 0 Å². The molecule has 0 spiro atoms. The monoisotopic (exact) mass is 359 g/mol. The largest absolute Gasteiger partial charge is 0.508 e. The van der Waals surface area contributed by atoms with Crippen LogP contribution < -0.4 is 4.74 Å². The number of phenolic OH excluding ortho intramolecular Hbond substituents is 2. The standard InChI is InChI=1S/C21H17N3O3/c25-14-5-6-19(26)16(11-14)17-12-18-15-3-1-2-4-20(15)27-21(24(18)23-17)13-7-9-22-10-8-13/h1-11,18,21,25-26H,12H2/t18-,21-/m1/s1. The summed E-state index contributed by atoms with van der Waals surface area (Å²) in [5.41, 5.74) is 3.26. The van der Waals surface area contributed by atoms with Crippen LogP contribution in [0.4, 0.5) is 0 Å². The van der Waals surface area contributed by atoms with Gasteiger partial charge in [-0.1, -0.05) is 18.2 Å². The van der Waals surface area contributed by atoms with E-state index in [2.05, 4.69) is 4.98 Å². The minimum absolute atomic E-state index is 0.00938. The van der Waals surface area contributed by atoms with Crippen LogP contribution in [0.3, 0.4) is 0 Å². The van der Waals surface area contributed by atoms with Gasteiger partial charge in [-0.3, -0.25) is 4.98 Å². The number of hydrogen-bond donors (Lipinski definition) is 2. The van der Waals surface area contributed by atoms with Crippen molar-refractivity contribution >= 4 is 5.71 Å². The third kappa shape index (κ3) is 2.57. The molecule has 2 aliphatic rings. The van der Waals surface area contributed by atoms with E-state index in [1.165, 1.54) is 12.1 Å². The number of hydrazone groups is 1. The van der Waals surface area contributed by atoms with E-state index in [0.717, 1.165) is 16.9 Å². The fourth-order valence-electron chi connectivity index (χ4n) is 3.70. The molecule has 2 atom stereocenters. The Balaban J connectivity index is 1.62. The second-order valence-electron chi connectivity index (χ2n) is 6.64. The molecule has 2 N–H and O–H groups in total. The number of ether oxygens (including phenoxy) is 1. The molecule has 0 saturated heterocycles. The average Bonchev–Trinajstić information content (AvgIpc) is 3.15. The lowest BCUT2D eigenvalue weighted by molar-refractivity contribution is -0.0190. The summed E-state index contributed by atoms with van der Waals surface area (Å²) in [6.45, 7) is 0. The summed E-state index contributed by atoms with van der Waals surface area (Å²) < 4.78 is 6.25. The van der Waals surface area contributed by atoms with Crippen molar-refractivity contribution in [3.05, 3.63) is 83.7 Å². The van der Waals surface area contributed by atoms with Crippen LogP contribution in [0.5, 0.6) is 17.2 Å². The molecular formula is C21H17N3O3. The van der Waals surface area contributed by atoms with Crippen LogP contribution in [0.15, 0.2) is 72.1 Å². The molecule has 1 aromatic heterocycles. The lowest BCUT2D eigenvalue weighted by Gasteiger charge is -2.38. The van der Waals surface area contributed by atoms with E-state index in [0.29, 0.717) is 17.7 Å². The third-order valence-corrected chi connectivity index (χ3v) is 4.98. The third-order valence-electron chi connectivity index (χ3n) is 4.98. The Morgan fingerprint density at radius 2 is 1.81 bits per heavy atom. The molecule has 0 saturated carbocycles. The fraction of sp³-hybridized carbons (Fsp3) is 0.143. The SMILES string of the molecule is Oc1ccc(O)c(C2=NN3[C@H](C2)c2ccccc2O[C@@H]3c2ccncc2)c1. The molecule has 3 aromatic rings. The van der Waals surface area contributed by atoms with Crippen molar-refractivity contribution in [2.45, 2.75) is 18.7 Å². The van der Waals surface area contributed by atoms with E-state index in [-0.39, 0.29) is 23.8 Å². The zero-order chi connectivity index (χ0) is 18.4. The Kier molecular flexibility index (Phi) is 3.50. The molecule has 5 rings (SSSR count). The summed E-state index contributed by atoms with van der Waals surface area (Å²) in [4.78, 5) is 4.08. The van der Waals surface area contributed by atoms with Gasteiger partial charge in [0.15, 0.2) is 0 Å². The van der Waals surface area contributed by atoms with E-state index in [1.54, 1.807) is 18.5 Å². The van der Waals surface area contributed by atoms with Crippen molar-refractivity contribution < 1.29 is 14.9 Å². The van der Waals surface area contributed by atoms with Gasteiger partial charge in [0.25, 0.3) is 0 Å². The number of hydrogen-bond acceptors (Lipinski definition) is 6. The highest BCUT2D eigenvalue weighted by Crippen LogP contribution is 2.47. The van der Waals surface area contributed by atoms with Crippen LogP contribution >= 0.6 is 0 Å². The molecule has 0 unspecified atom stereocenters. The average molecular weight is 359 g/mol. The minimum Gasteiger partial charge on any atom is -0.508 e. The Labute approximate surface area is 156 Å². The minimum atomic E-state index is -0.384. The normalized spacial score (nSPS) is 20.4. The molecule has 6 heteroatoms. The summed E-state index contributed by atoms with van der Waals surface area (Å²) in [5, 5.41) is 26.8. The van der Waals surface area contributed by atoms with Crippen LogP contribution in [0.2, 0.25) is 0 Å². The first-order chi connectivity index (χ1) is 13.2. The van der Waals surface area contributed by atoms with Gasteiger partial charge in [0, 0.05) is 35.5 Å². The van der Waals surface area contributed by atoms with Gasteiger partial charge in [0.1, 0.15) is 17.2 Å². The molecule has 3 heterocycles. The number of nitrogens with zero attached hydrogens (tertiary/aromatic N) is 3. The molecule has 0 aliphatic carbocycles. The second-order valence-corrected chi connectivity index (χ2v) is 6.64. The van der Waals surface area contributed by atoms with Crippen LogP contribution in [0.1, 0.15) is 35.4 Å². The molecule has 0 bridgehead atoms. The molecule has 0 radical (unpaired) electrons. The van der Waals surface area contributed by atoms with Crippen molar-refractivity contribution in [2.75, 3.05) is 0 Å².